The Hall–Kier alpha value is -0.120. The van der Waals surface area contributed by atoms with Gasteiger partial charge in [0.05, 0.1) is 18.8 Å². The van der Waals surface area contributed by atoms with Gasteiger partial charge >= 0.3 is 0 Å². The maximum atomic E-state index is 5.89. The molecule has 0 aliphatic carbocycles. The molecule has 70 valence electrons. The second-order valence-electron chi connectivity index (χ2n) is 3.57. The Bertz CT molecular complexity index is 128. The molecular weight excluding hydrogens is 154 g/mol. The highest BCUT2D eigenvalue weighted by Crippen LogP contribution is 2.15. The highest BCUT2D eigenvalue weighted by atomic mass is 16.5. The van der Waals surface area contributed by atoms with Gasteiger partial charge in [-0.3, -0.25) is 0 Å². The van der Waals surface area contributed by atoms with Crippen LogP contribution >= 0.6 is 0 Å². The topological polar surface area (TPSA) is 30.5 Å². The predicted molar refractivity (Wildman–Crippen MR) is 46.2 cm³/mol. The summed E-state index contributed by atoms with van der Waals surface area (Å²) in [5.41, 5.74) is 0. The van der Waals surface area contributed by atoms with Crippen molar-refractivity contribution in [2.24, 2.45) is 0 Å². The minimum Gasteiger partial charge on any atom is -0.379 e. The number of nitrogens with one attached hydrogen (secondary N) is 1. The van der Waals surface area contributed by atoms with E-state index in [1.165, 1.54) is 0 Å². The van der Waals surface area contributed by atoms with E-state index in [0.717, 1.165) is 45.6 Å². The molecule has 0 radical (unpaired) electrons. The van der Waals surface area contributed by atoms with Gasteiger partial charge in [0.15, 0.2) is 0 Å². The minimum atomic E-state index is 0.382. The molecule has 0 aromatic carbocycles. The first-order valence-electron chi connectivity index (χ1n) is 4.89. The number of hydrogen-bond donors (Lipinski definition) is 1. The standard InChI is InChI=1S/C9H17NO2/c1-4-10-5-2-8(1)12-9-3-6-11-7-9/h8-10H,1-7H2/t9-/m0/s1. The van der Waals surface area contributed by atoms with Crippen LogP contribution in [0.2, 0.25) is 0 Å². The molecule has 0 aromatic heterocycles. The molecule has 2 aliphatic heterocycles. The number of piperidine rings is 1. The molecule has 0 bridgehead atoms. The molecule has 3 heteroatoms. The average Bonchev–Trinajstić information content (AvgIpc) is 2.59. The van der Waals surface area contributed by atoms with E-state index in [-0.39, 0.29) is 0 Å². The summed E-state index contributed by atoms with van der Waals surface area (Å²) < 4.78 is 11.1. The Morgan fingerprint density at radius 1 is 1.08 bits per heavy atom. The molecule has 0 aromatic rings. The average molecular weight is 171 g/mol. The van der Waals surface area contributed by atoms with Gasteiger partial charge in [0.2, 0.25) is 0 Å². The minimum absolute atomic E-state index is 0.382. The normalized spacial score (nSPS) is 32.5. The molecule has 3 nitrogen and oxygen atoms in total. The largest absolute Gasteiger partial charge is 0.379 e. The molecular formula is C9H17NO2. The summed E-state index contributed by atoms with van der Waals surface area (Å²) in [5, 5.41) is 3.33. The predicted octanol–water partition coefficient (Wildman–Crippen LogP) is 0.544. The van der Waals surface area contributed by atoms with Crippen LogP contribution in [0, 0.1) is 0 Å². The fourth-order valence-electron chi connectivity index (χ4n) is 1.82. The Morgan fingerprint density at radius 2 is 1.92 bits per heavy atom. The van der Waals surface area contributed by atoms with Gasteiger partial charge in [0, 0.05) is 6.61 Å². The van der Waals surface area contributed by atoms with Crippen LogP contribution in [-0.4, -0.2) is 38.5 Å². The van der Waals surface area contributed by atoms with E-state index >= 15 is 0 Å². The van der Waals surface area contributed by atoms with Crippen LogP contribution in [0.3, 0.4) is 0 Å². The maximum Gasteiger partial charge on any atom is 0.0834 e. The van der Waals surface area contributed by atoms with E-state index in [2.05, 4.69) is 5.32 Å². The van der Waals surface area contributed by atoms with Crippen LogP contribution in [0.4, 0.5) is 0 Å². The molecule has 2 aliphatic rings. The lowest BCUT2D eigenvalue weighted by atomic mass is 10.1. The van der Waals surface area contributed by atoms with Gasteiger partial charge in [0.1, 0.15) is 0 Å². The van der Waals surface area contributed by atoms with Gasteiger partial charge in [0.25, 0.3) is 0 Å². The maximum absolute atomic E-state index is 5.89. The Morgan fingerprint density at radius 3 is 2.58 bits per heavy atom. The monoisotopic (exact) mass is 171 g/mol. The molecule has 2 saturated heterocycles. The SMILES string of the molecule is C1CC(O[C@H]2CCOC2)CCN1. The summed E-state index contributed by atoms with van der Waals surface area (Å²) in [6, 6.07) is 0. The van der Waals surface area contributed by atoms with Crippen LogP contribution in [0.25, 0.3) is 0 Å². The summed E-state index contributed by atoms with van der Waals surface area (Å²) in [6.45, 7) is 3.91. The fourth-order valence-corrected chi connectivity index (χ4v) is 1.82. The van der Waals surface area contributed by atoms with Crippen molar-refractivity contribution in [3.8, 4) is 0 Å². The van der Waals surface area contributed by atoms with Gasteiger partial charge in [-0.05, 0) is 32.4 Å². The summed E-state index contributed by atoms with van der Waals surface area (Å²) in [7, 11) is 0. The second kappa shape index (κ2) is 4.21. The summed E-state index contributed by atoms with van der Waals surface area (Å²) in [5.74, 6) is 0. The van der Waals surface area contributed by atoms with Gasteiger partial charge in [-0.15, -0.1) is 0 Å². The Balaban J connectivity index is 1.69. The fraction of sp³-hybridized carbons (Fsp3) is 1.00. The van der Waals surface area contributed by atoms with E-state index in [1.54, 1.807) is 0 Å². The smallest absolute Gasteiger partial charge is 0.0834 e. The van der Waals surface area contributed by atoms with E-state index in [0.29, 0.717) is 12.2 Å². The third kappa shape index (κ3) is 2.19. The first-order chi connectivity index (χ1) is 5.95. The van der Waals surface area contributed by atoms with Crippen molar-refractivity contribution in [2.45, 2.75) is 31.5 Å². The molecule has 2 rings (SSSR count). The van der Waals surface area contributed by atoms with Crippen LogP contribution in [0.15, 0.2) is 0 Å². The van der Waals surface area contributed by atoms with Gasteiger partial charge < -0.3 is 14.8 Å². The van der Waals surface area contributed by atoms with Crippen LogP contribution in [-0.2, 0) is 9.47 Å². The van der Waals surface area contributed by atoms with E-state index in [4.69, 9.17) is 9.47 Å². The summed E-state index contributed by atoms with van der Waals surface area (Å²) in [6.07, 6.45) is 4.28. The van der Waals surface area contributed by atoms with Crippen molar-refractivity contribution in [1.82, 2.24) is 5.32 Å². The molecule has 0 spiro atoms. The van der Waals surface area contributed by atoms with Gasteiger partial charge in [-0.25, -0.2) is 0 Å². The number of hydrogen-bond acceptors (Lipinski definition) is 3. The third-order valence-corrected chi connectivity index (χ3v) is 2.56. The molecule has 0 saturated carbocycles. The van der Waals surface area contributed by atoms with Crippen molar-refractivity contribution in [3.05, 3.63) is 0 Å². The molecule has 0 amide bonds. The van der Waals surface area contributed by atoms with Gasteiger partial charge in [-0.2, -0.15) is 0 Å². The molecule has 12 heavy (non-hydrogen) atoms. The molecule has 2 heterocycles. The van der Waals surface area contributed by atoms with Gasteiger partial charge in [-0.1, -0.05) is 0 Å². The zero-order valence-corrected chi connectivity index (χ0v) is 7.42. The van der Waals surface area contributed by atoms with Crippen molar-refractivity contribution >= 4 is 0 Å². The molecule has 0 unspecified atom stereocenters. The van der Waals surface area contributed by atoms with Crippen LogP contribution in [0.1, 0.15) is 19.3 Å². The highest BCUT2D eigenvalue weighted by molar-refractivity contribution is 4.72. The summed E-state index contributed by atoms with van der Waals surface area (Å²) in [4.78, 5) is 0. The first kappa shape index (κ1) is 8.48. The van der Waals surface area contributed by atoms with E-state index in [1.807, 2.05) is 0 Å². The molecule has 2 fully saturated rings. The van der Waals surface area contributed by atoms with Crippen molar-refractivity contribution in [3.63, 3.8) is 0 Å². The summed E-state index contributed by atoms with van der Waals surface area (Å²) >= 11 is 0. The lowest BCUT2D eigenvalue weighted by Crippen LogP contribution is -2.34. The van der Waals surface area contributed by atoms with E-state index < -0.39 is 0 Å². The molecule has 1 N–H and O–H groups in total. The first-order valence-corrected chi connectivity index (χ1v) is 4.89. The van der Waals surface area contributed by atoms with Crippen molar-refractivity contribution in [2.75, 3.05) is 26.3 Å². The Kier molecular flexibility index (Phi) is 2.98. The number of rotatable bonds is 2. The Labute approximate surface area is 73.4 Å². The third-order valence-electron chi connectivity index (χ3n) is 2.56. The lowest BCUT2D eigenvalue weighted by molar-refractivity contribution is -0.0287. The zero-order chi connectivity index (χ0) is 8.23. The highest BCUT2D eigenvalue weighted by Gasteiger charge is 2.21. The van der Waals surface area contributed by atoms with E-state index in [9.17, 15) is 0 Å². The molecule has 1 atom stereocenters. The quantitative estimate of drug-likeness (QED) is 0.658. The zero-order valence-electron chi connectivity index (χ0n) is 7.42. The lowest BCUT2D eigenvalue weighted by Gasteiger charge is -2.25. The van der Waals surface area contributed by atoms with Crippen LogP contribution < -0.4 is 5.32 Å². The van der Waals surface area contributed by atoms with Crippen molar-refractivity contribution in [1.29, 1.82) is 0 Å². The van der Waals surface area contributed by atoms with Crippen molar-refractivity contribution < 1.29 is 9.47 Å². The van der Waals surface area contributed by atoms with Crippen LogP contribution in [0.5, 0.6) is 0 Å². The number of ether oxygens (including phenoxy) is 2. The second-order valence-corrected chi connectivity index (χ2v) is 3.57.